The zero-order valence-electron chi connectivity index (χ0n) is 43.9. The lowest BCUT2D eigenvalue weighted by Crippen LogP contribution is -2.78. The summed E-state index contributed by atoms with van der Waals surface area (Å²) < 4.78 is 7.15. The maximum Gasteiger partial charge on any atom is 0.182 e. The molecule has 1 saturated heterocycles. The van der Waals surface area contributed by atoms with Crippen molar-refractivity contribution in [2.75, 3.05) is 13.2 Å². The summed E-state index contributed by atoms with van der Waals surface area (Å²) in [5.74, 6) is -2.17. The Balaban J connectivity index is 1.14. The van der Waals surface area contributed by atoms with Gasteiger partial charge in [-0.3, -0.25) is 4.79 Å². The number of hydrogen-bond acceptors (Lipinski definition) is 14. The van der Waals surface area contributed by atoms with Gasteiger partial charge in [-0.1, -0.05) is 75.8 Å². The number of rotatable bonds is 12. The molecule has 10 aliphatic carbocycles. The van der Waals surface area contributed by atoms with Crippen LogP contribution in [0.1, 0.15) is 162 Å². The highest BCUT2D eigenvalue weighted by Gasteiger charge is 2.85. The molecule has 7 fully saturated rings. The van der Waals surface area contributed by atoms with Crippen LogP contribution in [0.25, 0.3) is 0 Å². The largest absolute Gasteiger partial charge is 0.396 e. The van der Waals surface area contributed by atoms with Crippen molar-refractivity contribution in [1.82, 2.24) is 10.6 Å². The number of ether oxygens (including phenoxy) is 1. The number of ketones is 1. The Morgan fingerprint density at radius 2 is 1.67 bits per heavy atom. The summed E-state index contributed by atoms with van der Waals surface area (Å²) in [6.07, 6.45) is 18.9. The van der Waals surface area contributed by atoms with E-state index in [1.807, 2.05) is 24.3 Å². The van der Waals surface area contributed by atoms with Gasteiger partial charge in [0.15, 0.2) is 5.78 Å². The zero-order chi connectivity index (χ0) is 51.7. The summed E-state index contributed by atoms with van der Waals surface area (Å²) in [4.78, 5) is 16.1. The second-order valence-corrected chi connectivity index (χ2v) is 26.2. The smallest absolute Gasteiger partial charge is 0.182 e. The van der Waals surface area contributed by atoms with Gasteiger partial charge < -0.3 is 67.1 Å². The van der Waals surface area contributed by atoms with Gasteiger partial charge in [-0.15, -0.1) is 0 Å². The van der Waals surface area contributed by atoms with Gasteiger partial charge >= 0.3 is 0 Å². The Morgan fingerprint density at radius 1 is 0.918 bits per heavy atom. The Bertz CT molecular complexity index is 2310. The van der Waals surface area contributed by atoms with Crippen LogP contribution in [0.5, 0.6) is 0 Å². The summed E-state index contributed by atoms with van der Waals surface area (Å²) in [5, 5.41) is 122. The average molecular weight is 1020 g/mol. The van der Waals surface area contributed by atoms with Crippen molar-refractivity contribution in [1.29, 1.82) is 0 Å². The fourth-order valence-electron chi connectivity index (χ4n) is 19.8. The number of nitrogens with one attached hydrogen (secondary N) is 2. The molecular weight excluding hydrogens is 927 g/mol. The maximum absolute atomic E-state index is 16.1. The van der Waals surface area contributed by atoms with Gasteiger partial charge in [-0.25, -0.2) is 0 Å². The summed E-state index contributed by atoms with van der Waals surface area (Å²) in [6.45, 7) is 5.51. The van der Waals surface area contributed by atoms with Crippen LogP contribution in [0.15, 0.2) is 59.0 Å². The van der Waals surface area contributed by atoms with Crippen molar-refractivity contribution in [3.63, 3.8) is 0 Å². The van der Waals surface area contributed by atoms with Crippen LogP contribution in [0, 0.1) is 57.2 Å². The van der Waals surface area contributed by atoms with Crippen molar-refractivity contribution in [2.24, 2.45) is 62.9 Å². The molecule has 1 unspecified atom stereocenters. The number of carbonyl (C=O) groups excluding carboxylic acids is 1. The molecule has 12 aliphatic rings. The van der Waals surface area contributed by atoms with Crippen LogP contribution >= 0.6 is 0 Å². The molecule has 2 aliphatic heterocycles. The predicted octanol–water partition coefficient (Wildman–Crippen LogP) is 4.74. The summed E-state index contributed by atoms with van der Waals surface area (Å²) in [5.41, 5.74) is -4.12. The van der Waals surface area contributed by atoms with Crippen LogP contribution in [0.2, 0.25) is 0 Å². The number of Topliss-reactive ketones (excluding diaryl/α,β-unsaturated/α-hetero) is 1. The molecular formula is C59H89N3O11. The number of dihydropyridines is 1. The molecule has 2 heterocycles. The molecule has 6 saturated carbocycles. The minimum atomic E-state index is -1.94. The van der Waals surface area contributed by atoms with Crippen LogP contribution < -0.4 is 16.4 Å². The molecule has 0 aromatic heterocycles. The van der Waals surface area contributed by atoms with Gasteiger partial charge in [0.05, 0.1) is 70.7 Å². The average Bonchev–Trinajstić information content (AvgIpc) is 3.67. The Labute approximate surface area is 432 Å². The predicted molar refractivity (Wildman–Crippen MR) is 274 cm³/mol. The monoisotopic (exact) mass is 1020 g/mol. The standard InChI is InChI=1S/C59H89N3O11/c1-4-10-35-15-17-37-44(19-16-35)73-51-47(37)41(65)14-8-22-59(51,72)52(3,69)45-21-23-58(71)50-48(61-31-34(2)64)49(68)39-29-42(66)43(67)30-54(39)32-53(38-18-20-46(60)62-40(38)13-9-28-63)24-26-55(70,57(50,54)27-25-53)33-56(45,58)36-11-6-5-7-12-36/h18,20,24-27,34-37,39,41-47,51,61-67,69-72H,4-17,19,21-23,28-33,60H2,1-3H3/t34-,35+,37+,39-,41+,42+,43-,44+,45+,46?,47+,51+,52+,53+,54+,55-,56-,57-,58+,59+/m0/s1. The number of aliphatic hydroxyl groups excluding tert-OH is 5. The van der Waals surface area contributed by atoms with Crippen LogP contribution in [0.4, 0.5) is 0 Å². The number of nitrogens with two attached hydrogens (primary N) is 1. The first-order valence-electron chi connectivity index (χ1n) is 29.0. The molecule has 20 atom stereocenters. The van der Waals surface area contributed by atoms with Crippen molar-refractivity contribution < 1.29 is 55.5 Å². The quantitative estimate of drug-likeness (QED) is 0.118. The fraction of sp³-hybridized carbons (Fsp3) is 0.814. The lowest BCUT2D eigenvalue weighted by Gasteiger charge is -2.74. The van der Waals surface area contributed by atoms with Crippen molar-refractivity contribution in [3.8, 4) is 0 Å². The van der Waals surface area contributed by atoms with E-state index in [0.717, 1.165) is 69.1 Å². The van der Waals surface area contributed by atoms with E-state index in [1.165, 1.54) is 0 Å². The normalized spacial score (nSPS) is 49.4. The number of allylic oxidation sites excluding steroid dienone is 6. The van der Waals surface area contributed by atoms with Gasteiger partial charge in [-0.05, 0) is 152 Å². The molecule has 14 nitrogen and oxygen atoms in total. The topological polar surface area (TPSA) is 258 Å². The van der Waals surface area contributed by atoms with Crippen molar-refractivity contribution >= 4 is 5.78 Å². The molecule has 0 radical (unpaired) electrons. The Hall–Kier alpha value is -2.47. The molecule has 0 aromatic rings. The van der Waals surface area contributed by atoms with E-state index in [9.17, 15) is 46.0 Å². The second-order valence-electron chi connectivity index (χ2n) is 26.2. The van der Waals surface area contributed by atoms with Gasteiger partial charge in [0, 0.05) is 52.5 Å². The first kappa shape index (κ1) is 52.6. The van der Waals surface area contributed by atoms with E-state index >= 15 is 4.79 Å². The maximum atomic E-state index is 16.1. The molecule has 0 aromatic carbocycles. The van der Waals surface area contributed by atoms with Gasteiger partial charge in [0.1, 0.15) is 5.60 Å². The van der Waals surface area contributed by atoms with Crippen molar-refractivity contribution in [3.05, 3.63) is 59.0 Å². The fourth-order valence-corrected chi connectivity index (χ4v) is 19.8. The highest BCUT2D eigenvalue weighted by atomic mass is 16.5. The number of fused-ring (bicyclic) bond motifs is 5. The summed E-state index contributed by atoms with van der Waals surface area (Å²) in [7, 11) is 0. The van der Waals surface area contributed by atoms with Crippen molar-refractivity contribution in [2.45, 2.75) is 227 Å². The van der Waals surface area contributed by atoms with Gasteiger partial charge in [0.2, 0.25) is 0 Å². The second kappa shape index (κ2) is 18.6. The third kappa shape index (κ3) is 7.29. The van der Waals surface area contributed by atoms with Gasteiger partial charge in [0.25, 0.3) is 0 Å². The lowest BCUT2D eigenvalue weighted by atomic mass is 9.31. The van der Waals surface area contributed by atoms with Crippen LogP contribution in [-0.2, 0) is 9.53 Å². The highest BCUT2D eigenvalue weighted by Crippen LogP contribution is 2.83. The van der Waals surface area contributed by atoms with Crippen LogP contribution in [0.3, 0.4) is 0 Å². The number of carbonyl (C=O) groups is 1. The van der Waals surface area contributed by atoms with E-state index in [2.05, 4.69) is 29.7 Å². The Kier molecular flexibility index (Phi) is 13.4. The minimum Gasteiger partial charge on any atom is -0.396 e. The third-order valence-electron chi connectivity index (χ3n) is 22.7. The Morgan fingerprint density at radius 3 is 2.41 bits per heavy atom. The van der Waals surface area contributed by atoms with Crippen LogP contribution in [-0.4, -0.2) is 130 Å². The van der Waals surface area contributed by atoms with E-state index < -0.39 is 98.5 Å². The van der Waals surface area contributed by atoms with E-state index in [1.54, 1.807) is 13.8 Å². The number of aliphatic hydroxyl groups is 9. The molecule has 2 bridgehead atoms. The molecule has 73 heavy (non-hydrogen) atoms. The summed E-state index contributed by atoms with van der Waals surface area (Å²) >= 11 is 0. The minimum absolute atomic E-state index is 0.0227. The SMILES string of the molecule is CCC[C@@H]1CC[C@H]2[C@@H]3[C@H](O)CCC[C@](O)([C@](C)(O)[C@H]4CC[C@@]5(O)C6=C(NC[C@H](C)O)C(=O)[C@@H]7C[C@@H](O)[C@@H](O)C[C@@]78C[C@]7(C9=C(CCCO)NC(N)C=C9)C=C[C@]68[C@](O)(C=C7)C[C@]45C4CCCCC4)[C@@H]3O[C@@H]2CC1. The molecule has 14 heteroatoms. The first-order valence-corrected chi connectivity index (χ1v) is 29.0. The molecule has 12 rings (SSSR count). The summed E-state index contributed by atoms with van der Waals surface area (Å²) in [6, 6.07) is 0. The lowest BCUT2D eigenvalue weighted by molar-refractivity contribution is -0.285. The highest BCUT2D eigenvalue weighted by molar-refractivity contribution is 6.01. The molecule has 0 amide bonds. The third-order valence-corrected chi connectivity index (χ3v) is 22.7. The van der Waals surface area contributed by atoms with E-state index in [4.69, 9.17) is 10.5 Å². The van der Waals surface area contributed by atoms with E-state index in [-0.39, 0.29) is 87.5 Å². The number of hydrogen-bond donors (Lipinski definition) is 12. The molecule has 13 N–H and O–H groups in total. The van der Waals surface area contributed by atoms with E-state index in [0.29, 0.717) is 50.0 Å². The first-order chi connectivity index (χ1) is 34.7. The zero-order valence-corrected chi connectivity index (χ0v) is 43.9. The molecule has 406 valence electrons. The molecule has 2 spiro atoms. The van der Waals surface area contributed by atoms with Gasteiger partial charge in [-0.2, -0.15) is 0 Å².